The zero-order chi connectivity index (χ0) is 20.5. The molecule has 2 aromatic carbocycles. The van der Waals surface area contributed by atoms with Gasteiger partial charge < -0.3 is 30.7 Å². The molecular weight excluding hydrogens is 364 g/mol. The van der Waals surface area contributed by atoms with Crippen LogP contribution < -0.4 is 15.4 Å². The Kier molecular flexibility index (Phi) is 7.79. The van der Waals surface area contributed by atoms with Gasteiger partial charge >= 0.3 is 5.97 Å². The van der Waals surface area contributed by atoms with Crippen molar-refractivity contribution < 1.29 is 29.6 Å². The number of carboxylic acid groups (broad SMARTS) is 1. The van der Waals surface area contributed by atoms with Crippen molar-refractivity contribution in [3.05, 3.63) is 53.6 Å². The lowest BCUT2D eigenvalue weighted by Crippen LogP contribution is -2.33. The molecule has 0 unspecified atom stereocenters. The summed E-state index contributed by atoms with van der Waals surface area (Å²) < 4.78 is 5.15. The second kappa shape index (κ2) is 10.3. The quantitative estimate of drug-likeness (QED) is 0.371. The molecule has 8 nitrogen and oxygen atoms in total. The summed E-state index contributed by atoms with van der Waals surface area (Å²) in [7, 11) is 0. The molecule has 1 amide bonds. The fourth-order valence-electron chi connectivity index (χ4n) is 2.69. The summed E-state index contributed by atoms with van der Waals surface area (Å²) in [5, 5.41) is 34.1. The summed E-state index contributed by atoms with van der Waals surface area (Å²) >= 11 is 0. The van der Waals surface area contributed by atoms with Gasteiger partial charge in [0, 0.05) is 6.04 Å². The van der Waals surface area contributed by atoms with Crippen LogP contribution in [0.15, 0.2) is 42.5 Å². The summed E-state index contributed by atoms with van der Waals surface area (Å²) in [5.41, 5.74) is 2.01. The standard InChI is InChI=1S/C20H24N2O6/c1-13(20(27)15-3-5-16(24)6-4-15)21-9-8-14-2-7-18(28-11-19(25)26)17(10-14)22-12-23/h2-7,10,12-13,20-21,24,27H,8-9,11H2,1H3,(H,22,23)(H,25,26)/t13-,20-/m0/s1. The van der Waals surface area contributed by atoms with E-state index in [1.807, 2.05) is 6.92 Å². The Hall–Kier alpha value is -3.10. The number of aliphatic carboxylic acids is 1. The molecule has 0 fully saturated rings. The molecule has 2 rings (SSSR count). The van der Waals surface area contributed by atoms with Gasteiger partial charge in [-0.2, -0.15) is 0 Å². The number of carboxylic acids is 1. The zero-order valence-electron chi connectivity index (χ0n) is 15.5. The summed E-state index contributed by atoms with van der Waals surface area (Å²) in [5.74, 6) is -0.680. The Bertz CT molecular complexity index is 794. The molecule has 8 heteroatoms. The maximum Gasteiger partial charge on any atom is 0.341 e. The first kappa shape index (κ1) is 21.2. The van der Waals surface area contributed by atoms with E-state index < -0.39 is 18.7 Å². The Balaban J connectivity index is 1.92. The highest BCUT2D eigenvalue weighted by Gasteiger charge is 2.16. The monoisotopic (exact) mass is 388 g/mol. The van der Waals surface area contributed by atoms with Gasteiger partial charge in [0.25, 0.3) is 0 Å². The number of nitrogens with one attached hydrogen (secondary N) is 2. The number of carbonyl (C=O) groups is 2. The highest BCUT2D eigenvalue weighted by Crippen LogP contribution is 2.26. The van der Waals surface area contributed by atoms with Crippen molar-refractivity contribution in [1.82, 2.24) is 5.32 Å². The molecule has 0 aliphatic rings. The molecule has 0 aromatic heterocycles. The molecule has 0 saturated carbocycles. The smallest absolute Gasteiger partial charge is 0.341 e. The Morgan fingerprint density at radius 1 is 1.21 bits per heavy atom. The number of hydrogen-bond donors (Lipinski definition) is 5. The summed E-state index contributed by atoms with van der Waals surface area (Å²) in [4.78, 5) is 21.4. The fraction of sp³-hybridized carbons (Fsp3) is 0.300. The number of ether oxygens (including phenoxy) is 1. The van der Waals surface area contributed by atoms with Crippen LogP contribution in [-0.2, 0) is 16.0 Å². The van der Waals surface area contributed by atoms with Crippen molar-refractivity contribution in [3.63, 3.8) is 0 Å². The molecule has 2 aromatic rings. The average molecular weight is 388 g/mol. The number of amides is 1. The molecule has 0 aliphatic heterocycles. The third kappa shape index (κ3) is 6.26. The maximum absolute atomic E-state index is 10.8. The van der Waals surface area contributed by atoms with Gasteiger partial charge in [-0.15, -0.1) is 0 Å². The second-order valence-corrected chi connectivity index (χ2v) is 6.30. The van der Waals surface area contributed by atoms with Crippen molar-refractivity contribution in [2.24, 2.45) is 0 Å². The first-order chi connectivity index (χ1) is 13.4. The summed E-state index contributed by atoms with van der Waals surface area (Å²) in [6.07, 6.45) is 0.403. The van der Waals surface area contributed by atoms with Crippen molar-refractivity contribution >= 4 is 18.1 Å². The molecule has 0 saturated heterocycles. The van der Waals surface area contributed by atoms with Gasteiger partial charge in [0.15, 0.2) is 6.61 Å². The van der Waals surface area contributed by atoms with E-state index in [1.54, 1.807) is 30.3 Å². The molecule has 150 valence electrons. The molecule has 28 heavy (non-hydrogen) atoms. The maximum atomic E-state index is 10.8. The van der Waals surface area contributed by atoms with Crippen LogP contribution in [0.2, 0.25) is 0 Å². The van der Waals surface area contributed by atoms with E-state index >= 15 is 0 Å². The van der Waals surface area contributed by atoms with Crippen molar-refractivity contribution in [3.8, 4) is 11.5 Å². The number of phenols is 1. The Labute approximate surface area is 162 Å². The van der Waals surface area contributed by atoms with Crippen molar-refractivity contribution in [2.75, 3.05) is 18.5 Å². The van der Waals surface area contributed by atoms with Crippen LogP contribution >= 0.6 is 0 Å². The number of aliphatic hydroxyl groups excluding tert-OH is 1. The number of aromatic hydroxyl groups is 1. The number of aliphatic hydroxyl groups is 1. The van der Waals surface area contributed by atoms with Gasteiger partial charge in [-0.05, 0) is 55.3 Å². The van der Waals surface area contributed by atoms with Crippen LogP contribution in [0.1, 0.15) is 24.2 Å². The molecule has 2 atom stereocenters. The molecule has 0 heterocycles. The van der Waals surface area contributed by atoms with E-state index in [0.29, 0.717) is 30.6 Å². The number of rotatable bonds is 11. The molecule has 0 spiro atoms. The minimum Gasteiger partial charge on any atom is -0.508 e. The predicted octanol–water partition coefficient (Wildman–Crippen LogP) is 1.68. The van der Waals surface area contributed by atoms with E-state index in [1.165, 1.54) is 12.1 Å². The van der Waals surface area contributed by atoms with Gasteiger partial charge in [-0.1, -0.05) is 18.2 Å². The van der Waals surface area contributed by atoms with Crippen LogP contribution in [-0.4, -0.2) is 46.9 Å². The lowest BCUT2D eigenvalue weighted by Gasteiger charge is -2.21. The Morgan fingerprint density at radius 3 is 2.57 bits per heavy atom. The molecule has 0 bridgehead atoms. The summed E-state index contributed by atoms with van der Waals surface area (Å²) in [6, 6.07) is 11.3. The molecule has 5 N–H and O–H groups in total. The van der Waals surface area contributed by atoms with Gasteiger partial charge in [0.2, 0.25) is 6.41 Å². The van der Waals surface area contributed by atoms with Gasteiger partial charge in [0.05, 0.1) is 11.8 Å². The van der Waals surface area contributed by atoms with E-state index in [4.69, 9.17) is 9.84 Å². The molecule has 0 radical (unpaired) electrons. The van der Waals surface area contributed by atoms with E-state index in [-0.39, 0.29) is 17.5 Å². The van der Waals surface area contributed by atoms with Crippen LogP contribution in [0.5, 0.6) is 11.5 Å². The second-order valence-electron chi connectivity index (χ2n) is 6.30. The number of benzene rings is 2. The lowest BCUT2D eigenvalue weighted by atomic mass is 10.0. The number of phenolic OH excluding ortho intramolecular Hbond substituents is 1. The third-order valence-electron chi connectivity index (χ3n) is 4.20. The lowest BCUT2D eigenvalue weighted by molar-refractivity contribution is -0.139. The first-order valence-electron chi connectivity index (χ1n) is 8.78. The SMILES string of the molecule is C[C@H](NCCc1ccc(OCC(=O)O)c(NC=O)c1)[C@H](O)c1ccc(O)cc1. The normalized spacial score (nSPS) is 12.8. The highest BCUT2D eigenvalue weighted by molar-refractivity contribution is 5.76. The van der Waals surface area contributed by atoms with Crippen molar-refractivity contribution in [2.45, 2.75) is 25.5 Å². The fourth-order valence-corrected chi connectivity index (χ4v) is 2.69. The largest absolute Gasteiger partial charge is 0.508 e. The van der Waals surface area contributed by atoms with E-state index in [0.717, 1.165) is 5.56 Å². The van der Waals surface area contributed by atoms with E-state index in [9.17, 15) is 19.8 Å². The van der Waals surface area contributed by atoms with E-state index in [2.05, 4.69) is 10.6 Å². The average Bonchev–Trinajstić information content (AvgIpc) is 2.67. The third-order valence-corrected chi connectivity index (χ3v) is 4.20. The molecule has 0 aliphatic carbocycles. The number of anilines is 1. The minimum absolute atomic E-state index is 0.145. The van der Waals surface area contributed by atoms with Gasteiger partial charge in [-0.3, -0.25) is 4.79 Å². The van der Waals surface area contributed by atoms with Crippen LogP contribution in [0.3, 0.4) is 0 Å². The minimum atomic E-state index is -1.11. The van der Waals surface area contributed by atoms with Gasteiger partial charge in [0.1, 0.15) is 11.5 Å². The van der Waals surface area contributed by atoms with Crippen LogP contribution in [0.4, 0.5) is 5.69 Å². The van der Waals surface area contributed by atoms with Crippen LogP contribution in [0, 0.1) is 0 Å². The van der Waals surface area contributed by atoms with Gasteiger partial charge in [-0.25, -0.2) is 4.79 Å². The zero-order valence-corrected chi connectivity index (χ0v) is 15.5. The topological polar surface area (TPSA) is 128 Å². The first-order valence-corrected chi connectivity index (χ1v) is 8.78. The van der Waals surface area contributed by atoms with Crippen molar-refractivity contribution in [1.29, 1.82) is 0 Å². The highest BCUT2D eigenvalue weighted by atomic mass is 16.5. The number of hydrogen-bond acceptors (Lipinski definition) is 6. The van der Waals surface area contributed by atoms with Crippen LogP contribution in [0.25, 0.3) is 0 Å². The summed E-state index contributed by atoms with van der Waals surface area (Å²) in [6.45, 7) is 1.94. The Morgan fingerprint density at radius 2 is 1.93 bits per heavy atom. The predicted molar refractivity (Wildman–Crippen MR) is 103 cm³/mol. The number of carbonyl (C=O) groups excluding carboxylic acids is 1. The molecular formula is C20H24N2O6.